The number of carbonyl (C=O) groups is 2. The minimum Gasteiger partial charge on any atom is -0.326 e. The monoisotopic (exact) mass is 581 g/mol. The molecule has 0 fully saturated rings. The maximum Gasteiger partial charge on any atom is 0.416 e. The van der Waals surface area contributed by atoms with E-state index in [1.165, 1.54) is 6.07 Å². The summed E-state index contributed by atoms with van der Waals surface area (Å²) in [6.45, 7) is 0. The molecule has 4 aromatic rings. The zero-order valence-corrected chi connectivity index (χ0v) is 22.6. The molecule has 4 rings (SSSR count). The van der Waals surface area contributed by atoms with E-state index < -0.39 is 39.6 Å². The van der Waals surface area contributed by atoms with Gasteiger partial charge in [0.1, 0.15) is 6.04 Å². The number of halogens is 3. The summed E-state index contributed by atoms with van der Waals surface area (Å²) >= 11 is 0. The highest BCUT2D eigenvalue weighted by atomic mass is 32.2. The number of carbonyl (C=O) groups excluding carboxylic acids is 2. The summed E-state index contributed by atoms with van der Waals surface area (Å²) in [6, 6.07) is 24.3. The minimum atomic E-state index is -4.52. The number of alkyl halides is 3. The molecule has 0 heterocycles. The third-order valence-electron chi connectivity index (χ3n) is 6.11. The van der Waals surface area contributed by atoms with Gasteiger partial charge in [0.2, 0.25) is 5.91 Å². The van der Waals surface area contributed by atoms with Crippen LogP contribution in [0, 0.1) is 0 Å². The molecule has 41 heavy (non-hydrogen) atoms. The number of anilines is 2. The third kappa shape index (κ3) is 7.95. The Morgan fingerprint density at radius 1 is 0.780 bits per heavy atom. The number of rotatable bonds is 8. The first kappa shape index (κ1) is 29.3. The number of sulfone groups is 1. The molecule has 4 aromatic carbocycles. The Labute approximate surface area is 235 Å². The fourth-order valence-corrected chi connectivity index (χ4v) is 5.05. The zero-order chi connectivity index (χ0) is 29.6. The van der Waals surface area contributed by atoms with Crippen LogP contribution < -0.4 is 16.0 Å². The molecule has 3 amide bonds. The van der Waals surface area contributed by atoms with E-state index >= 15 is 0 Å². The van der Waals surface area contributed by atoms with Gasteiger partial charge >= 0.3 is 12.2 Å². The predicted molar refractivity (Wildman–Crippen MR) is 151 cm³/mol. The van der Waals surface area contributed by atoms with Crippen LogP contribution in [0.25, 0.3) is 11.1 Å². The van der Waals surface area contributed by atoms with Crippen LogP contribution in [0.4, 0.5) is 29.3 Å². The lowest BCUT2D eigenvalue weighted by atomic mass is 10.0. The number of nitrogens with one attached hydrogen (secondary N) is 3. The molecule has 0 aliphatic carbocycles. The molecule has 7 nitrogen and oxygen atoms in total. The Bertz CT molecular complexity index is 1630. The summed E-state index contributed by atoms with van der Waals surface area (Å²) in [4.78, 5) is 26.1. The van der Waals surface area contributed by atoms with E-state index in [0.29, 0.717) is 11.1 Å². The van der Waals surface area contributed by atoms with Gasteiger partial charge in [-0.3, -0.25) is 4.79 Å². The van der Waals surface area contributed by atoms with Crippen LogP contribution >= 0.6 is 0 Å². The van der Waals surface area contributed by atoms with Crippen LogP contribution in [0.1, 0.15) is 11.1 Å². The Balaban J connectivity index is 1.55. The van der Waals surface area contributed by atoms with Crippen molar-refractivity contribution in [2.45, 2.75) is 23.5 Å². The van der Waals surface area contributed by atoms with Crippen LogP contribution in [0.2, 0.25) is 0 Å². The van der Waals surface area contributed by atoms with Crippen molar-refractivity contribution in [1.82, 2.24) is 5.32 Å². The quantitative estimate of drug-likeness (QED) is 0.232. The van der Waals surface area contributed by atoms with Crippen molar-refractivity contribution < 1.29 is 31.2 Å². The van der Waals surface area contributed by atoms with E-state index in [9.17, 15) is 31.2 Å². The van der Waals surface area contributed by atoms with E-state index in [2.05, 4.69) is 16.0 Å². The van der Waals surface area contributed by atoms with Gasteiger partial charge in [-0.25, -0.2) is 13.2 Å². The topological polar surface area (TPSA) is 104 Å². The molecule has 0 radical (unpaired) electrons. The van der Waals surface area contributed by atoms with Gasteiger partial charge in [-0.15, -0.1) is 0 Å². The summed E-state index contributed by atoms with van der Waals surface area (Å²) in [5, 5.41) is 7.67. The van der Waals surface area contributed by atoms with E-state index in [1.807, 2.05) is 6.07 Å². The minimum absolute atomic E-state index is 0.0223. The SMILES string of the molecule is CS(=O)(=O)c1cc(NC(=O)[C@H](Cc2ccccc2)NC(=O)Nc2ccc(C(F)(F)F)cc2)ccc1-c1ccccc1. The molecule has 0 spiro atoms. The van der Waals surface area contributed by atoms with E-state index in [0.717, 1.165) is 36.1 Å². The number of benzene rings is 4. The van der Waals surface area contributed by atoms with Gasteiger partial charge in [0.15, 0.2) is 9.84 Å². The third-order valence-corrected chi connectivity index (χ3v) is 7.24. The van der Waals surface area contributed by atoms with E-state index in [4.69, 9.17) is 0 Å². The Morgan fingerprint density at radius 3 is 1.95 bits per heavy atom. The molecule has 3 N–H and O–H groups in total. The van der Waals surface area contributed by atoms with Crippen LogP contribution in [0.5, 0.6) is 0 Å². The molecule has 0 unspecified atom stereocenters. The lowest BCUT2D eigenvalue weighted by Crippen LogP contribution is -2.46. The summed E-state index contributed by atoms with van der Waals surface area (Å²) in [5.74, 6) is -0.622. The lowest BCUT2D eigenvalue weighted by Gasteiger charge is -2.20. The van der Waals surface area contributed by atoms with Gasteiger partial charge in [-0.2, -0.15) is 13.2 Å². The van der Waals surface area contributed by atoms with Crippen molar-refractivity contribution in [3.63, 3.8) is 0 Å². The van der Waals surface area contributed by atoms with Gasteiger partial charge < -0.3 is 16.0 Å². The van der Waals surface area contributed by atoms with Crippen molar-refractivity contribution in [3.05, 3.63) is 114 Å². The maximum absolute atomic E-state index is 13.3. The highest BCUT2D eigenvalue weighted by Gasteiger charge is 2.30. The number of urea groups is 1. The number of hydrogen-bond acceptors (Lipinski definition) is 4. The summed E-state index contributed by atoms with van der Waals surface area (Å²) in [6.07, 6.45) is -3.35. The first-order chi connectivity index (χ1) is 19.4. The van der Waals surface area contributed by atoms with Crippen molar-refractivity contribution in [1.29, 1.82) is 0 Å². The van der Waals surface area contributed by atoms with Crippen molar-refractivity contribution in [3.8, 4) is 11.1 Å². The van der Waals surface area contributed by atoms with Gasteiger partial charge in [0.05, 0.1) is 10.5 Å². The summed E-state index contributed by atoms with van der Waals surface area (Å²) in [7, 11) is -3.68. The van der Waals surface area contributed by atoms with Gasteiger partial charge in [0.25, 0.3) is 0 Å². The zero-order valence-electron chi connectivity index (χ0n) is 21.8. The smallest absolute Gasteiger partial charge is 0.326 e. The molecule has 0 saturated heterocycles. The molecule has 0 bridgehead atoms. The highest BCUT2D eigenvalue weighted by Crippen LogP contribution is 2.31. The molecule has 212 valence electrons. The average Bonchev–Trinajstić information content (AvgIpc) is 2.93. The molecule has 11 heteroatoms. The first-order valence-electron chi connectivity index (χ1n) is 12.4. The second kappa shape index (κ2) is 12.3. The largest absolute Gasteiger partial charge is 0.416 e. The van der Waals surface area contributed by atoms with Gasteiger partial charge in [-0.05, 0) is 47.5 Å². The molecule has 0 saturated carbocycles. The fraction of sp³-hybridized carbons (Fsp3) is 0.133. The number of amides is 3. The Morgan fingerprint density at radius 2 is 1.37 bits per heavy atom. The molecule has 0 aliphatic heterocycles. The van der Waals surface area contributed by atoms with Crippen molar-refractivity contribution in [2.24, 2.45) is 0 Å². The van der Waals surface area contributed by atoms with Crippen molar-refractivity contribution in [2.75, 3.05) is 16.9 Å². The van der Waals surface area contributed by atoms with E-state index in [1.54, 1.807) is 66.7 Å². The maximum atomic E-state index is 13.3. The second-order valence-electron chi connectivity index (χ2n) is 9.25. The molecule has 0 aliphatic rings. The van der Waals surface area contributed by atoms with Gasteiger partial charge in [-0.1, -0.05) is 66.7 Å². The molecular formula is C30H26F3N3O4S. The fourth-order valence-electron chi connectivity index (χ4n) is 4.12. The Hall–Kier alpha value is -4.64. The normalized spacial score (nSPS) is 12.3. The summed E-state index contributed by atoms with van der Waals surface area (Å²) in [5.41, 5.74) is 1.34. The average molecular weight is 582 g/mol. The van der Waals surface area contributed by atoms with Gasteiger partial charge in [0, 0.05) is 29.6 Å². The first-order valence-corrected chi connectivity index (χ1v) is 14.3. The van der Waals surface area contributed by atoms with Crippen LogP contribution in [0.3, 0.4) is 0 Å². The summed E-state index contributed by atoms with van der Waals surface area (Å²) < 4.78 is 63.7. The van der Waals surface area contributed by atoms with E-state index in [-0.39, 0.29) is 22.7 Å². The highest BCUT2D eigenvalue weighted by molar-refractivity contribution is 7.90. The van der Waals surface area contributed by atoms with Crippen molar-refractivity contribution >= 4 is 33.2 Å². The second-order valence-corrected chi connectivity index (χ2v) is 11.2. The molecule has 0 aromatic heterocycles. The van der Waals surface area contributed by atoms with Crippen LogP contribution in [0.15, 0.2) is 108 Å². The molecule has 1 atom stereocenters. The predicted octanol–water partition coefficient (Wildman–Crippen LogP) is 6.15. The number of hydrogen-bond donors (Lipinski definition) is 3. The standard InChI is InChI=1S/C30H26F3N3O4S/c1-41(39,40)27-19-24(16-17-25(27)21-10-6-3-7-11-21)34-28(37)26(18-20-8-4-2-5-9-20)36-29(38)35-23-14-12-22(13-15-23)30(31,32)33/h2-17,19,26H,18H2,1H3,(H,34,37)(H2,35,36,38)/t26-/m0/s1. The lowest BCUT2D eigenvalue weighted by molar-refractivity contribution is -0.137. The van der Waals surface area contributed by atoms with Crippen LogP contribution in [-0.4, -0.2) is 32.7 Å². The molecular weight excluding hydrogens is 555 g/mol. The van der Waals surface area contributed by atoms with Crippen LogP contribution in [-0.2, 0) is 27.2 Å². The Kier molecular flexibility index (Phi) is 8.77.